The first kappa shape index (κ1) is 8.78. The van der Waals surface area contributed by atoms with E-state index < -0.39 is 0 Å². The molecule has 0 amide bonds. The van der Waals surface area contributed by atoms with Crippen molar-refractivity contribution in [2.75, 3.05) is 11.9 Å². The van der Waals surface area contributed by atoms with E-state index in [0.29, 0.717) is 6.42 Å². The van der Waals surface area contributed by atoms with Crippen molar-refractivity contribution in [3.05, 3.63) is 30.3 Å². The van der Waals surface area contributed by atoms with E-state index in [1.54, 1.807) is 0 Å². The number of carbonyl (C=O) groups excluding carboxylic acids is 1. The fourth-order valence-electron chi connectivity index (χ4n) is 0.974. The zero-order chi connectivity index (χ0) is 8.65. The van der Waals surface area contributed by atoms with Gasteiger partial charge in [0.25, 0.3) is 0 Å². The molecule has 1 aromatic carbocycles. The highest BCUT2D eigenvalue weighted by Crippen LogP contribution is 2.04. The van der Waals surface area contributed by atoms with Crippen LogP contribution in [-0.2, 0) is 4.79 Å². The van der Waals surface area contributed by atoms with E-state index in [0.717, 1.165) is 24.9 Å². The minimum absolute atomic E-state index is 0.639. The fraction of sp³-hybridized carbons (Fsp3) is 0.300. The first-order valence-electron chi connectivity index (χ1n) is 4.16. The van der Waals surface area contributed by atoms with Crippen LogP contribution in [0.15, 0.2) is 30.3 Å². The van der Waals surface area contributed by atoms with Crippen molar-refractivity contribution in [3.63, 3.8) is 0 Å². The number of hydrogen-bond acceptors (Lipinski definition) is 2. The molecular weight excluding hydrogens is 150 g/mol. The number of carbonyl (C=O) groups is 1. The molecule has 1 aromatic rings. The lowest BCUT2D eigenvalue weighted by Gasteiger charge is -2.03. The van der Waals surface area contributed by atoms with Crippen LogP contribution in [-0.4, -0.2) is 12.8 Å². The van der Waals surface area contributed by atoms with Crippen molar-refractivity contribution in [2.45, 2.75) is 12.8 Å². The molecule has 0 radical (unpaired) electrons. The first-order valence-corrected chi connectivity index (χ1v) is 4.16. The largest absolute Gasteiger partial charge is 0.385 e. The van der Waals surface area contributed by atoms with Crippen molar-refractivity contribution < 1.29 is 4.79 Å². The molecule has 0 saturated heterocycles. The molecule has 1 rings (SSSR count). The van der Waals surface area contributed by atoms with E-state index in [9.17, 15) is 4.79 Å². The topological polar surface area (TPSA) is 29.1 Å². The van der Waals surface area contributed by atoms with Crippen molar-refractivity contribution >= 4 is 12.0 Å². The quantitative estimate of drug-likeness (QED) is 0.532. The molecule has 0 bridgehead atoms. The Bertz CT molecular complexity index is 221. The third-order valence-electron chi connectivity index (χ3n) is 1.60. The van der Waals surface area contributed by atoms with Crippen LogP contribution in [0.2, 0.25) is 0 Å². The fourth-order valence-corrected chi connectivity index (χ4v) is 0.974. The SMILES string of the molecule is O=CCCCNc1ccccc1. The molecule has 0 aliphatic heterocycles. The summed E-state index contributed by atoms with van der Waals surface area (Å²) >= 11 is 0. The highest BCUT2D eigenvalue weighted by atomic mass is 16.1. The van der Waals surface area contributed by atoms with Crippen LogP contribution < -0.4 is 5.32 Å². The lowest BCUT2D eigenvalue weighted by atomic mass is 10.3. The molecule has 0 aliphatic carbocycles. The van der Waals surface area contributed by atoms with E-state index >= 15 is 0 Å². The maximum Gasteiger partial charge on any atom is 0.120 e. The second-order valence-corrected chi connectivity index (χ2v) is 2.60. The van der Waals surface area contributed by atoms with Gasteiger partial charge in [0.05, 0.1) is 0 Å². The van der Waals surface area contributed by atoms with E-state index in [-0.39, 0.29) is 0 Å². The van der Waals surface area contributed by atoms with Crippen LogP contribution in [0.5, 0.6) is 0 Å². The van der Waals surface area contributed by atoms with Gasteiger partial charge in [-0.05, 0) is 18.6 Å². The number of nitrogens with one attached hydrogen (secondary N) is 1. The van der Waals surface area contributed by atoms with Crippen LogP contribution in [0.4, 0.5) is 5.69 Å². The van der Waals surface area contributed by atoms with Gasteiger partial charge in [0.15, 0.2) is 0 Å². The van der Waals surface area contributed by atoms with Gasteiger partial charge in [0, 0.05) is 18.7 Å². The Labute approximate surface area is 72.6 Å². The molecule has 0 heterocycles. The molecule has 0 spiro atoms. The highest BCUT2D eigenvalue weighted by Gasteiger charge is 1.88. The van der Waals surface area contributed by atoms with Crippen LogP contribution in [0, 0.1) is 0 Å². The second kappa shape index (κ2) is 5.35. The van der Waals surface area contributed by atoms with Crippen molar-refractivity contribution in [3.8, 4) is 0 Å². The Morgan fingerprint density at radius 2 is 2.00 bits per heavy atom. The Morgan fingerprint density at radius 3 is 2.67 bits per heavy atom. The van der Waals surface area contributed by atoms with Gasteiger partial charge in [-0.25, -0.2) is 0 Å². The van der Waals surface area contributed by atoms with Crippen LogP contribution >= 0.6 is 0 Å². The smallest absolute Gasteiger partial charge is 0.120 e. The van der Waals surface area contributed by atoms with Crippen LogP contribution in [0.25, 0.3) is 0 Å². The van der Waals surface area contributed by atoms with E-state index in [1.165, 1.54) is 0 Å². The Hall–Kier alpha value is -1.31. The maximum absolute atomic E-state index is 9.99. The second-order valence-electron chi connectivity index (χ2n) is 2.60. The number of rotatable bonds is 5. The summed E-state index contributed by atoms with van der Waals surface area (Å²) in [6, 6.07) is 9.99. The summed E-state index contributed by atoms with van der Waals surface area (Å²) in [6.45, 7) is 0.864. The minimum atomic E-state index is 0.639. The Morgan fingerprint density at radius 1 is 1.25 bits per heavy atom. The molecule has 0 atom stereocenters. The van der Waals surface area contributed by atoms with E-state index in [1.807, 2.05) is 30.3 Å². The molecule has 0 aliphatic rings. The summed E-state index contributed by atoms with van der Waals surface area (Å²) < 4.78 is 0. The van der Waals surface area contributed by atoms with Gasteiger partial charge >= 0.3 is 0 Å². The molecule has 0 unspecified atom stereocenters. The van der Waals surface area contributed by atoms with Crippen LogP contribution in [0.1, 0.15) is 12.8 Å². The molecule has 0 saturated carbocycles. The van der Waals surface area contributed by atoms with Gasteiger partial charge in [-0.3, -0.25) is 0 Å². The number of anilines is 1. The van der Waals surface area contributed by atoms with Crippen molar-refractivity contribution in [1.29, 1.82) is 0 Å². The molecular formula is C10H13NO. The Kier molecular flexibility index (Phi) is 3.92. The van der Waals surface area contributed by atoms with Gasteiger partial charge in [-0.2, -0.15) is 0 Å². The van der Waals surface area contributed by atoms with Gasteiger partial charge in [-0.1, -0.05) is 18.2 Å². The summed E-state index contributed by atoms with van der Waals surface area (Å²) in [7, 11) is 0. The number of unbranched alkanes of at least 4 members (excludes halogenated alkanes) is 1. The number of benzene rings is 1. The molecule has 12 heavy (non-hydrogen) atoms. The number of para-hydroxylation sites is 1. The predicted octanol–water partition coefficient (Wildman–Crippen LogP) is 2.08. The number of aldehydes is 1. The summed E-state index contributed by atoms with van der Waals surface area (Å²) in [5, 5.41) is 3.22. The highest BCUT2D eigenvalue weighted by molar-refractivity contribution is 5.49. The average Bonchev–Trinajstić information content (AvgIpc) is 2.14. The molecule has 2 nitrogen and oxygen atoms in total. The third-order valence-corrected chi connectivity index (χ3v) is 1.60. The third kappa shape index (κ3) is 3.19. The first-order chi connectivity index (χ1) is 5.93. The predicted molar refractivity (Wildman–Crippen MR) is 50.2 cm³/mol. The number of hydrogen-bond donors (Lipinski definition) is 1. The van der Waals surface area contributed by atoms with E-state index in [4.69, 9.17) is 0 Å². The standard InChI is InChI=1S/C10H13NO/c12-9-5-4-8-11-10-6-2-1-3-7-10/h1-3,6-7,9,11H,4-5,8H2. The van der Waals surface area contributed by atoms with Crippen molar-refractivity contribution in [2.24, 2.45) is 0 Å². The zero-order valence-electron chi connectivity index (χ0n) is 6.99. The van der Waals surface area contributed by atoms with Gasteiger partial charge < -0.3 is 10.1 Å². The molecule has 2 heteroatoms. The molecule has 0 fully saturated rings. The van der Waals surface area contributed by atoms with Gasteiger partial charge in [0.1, 0.15) is 6.29 Å². The van der Waals surface area contributed by atoms with Crippen LogP contribution in [0.3, 0.4) is 0 Å². The van der Waals surface area contributed by atoms with Gasteiger partial charge in [0.2, 0.25) is 0 Å². The van der Waals surface area contributed by atoms with Gasteiger partial charge in [-0.15, -0.1) is 0 Å². The van der Waals surface area contributed by atoms with E-state index in [2.05, 4.69) is 5.32 Å². The summed E-state index contributed by atoms with van der Waals surface area (Å²) in [5.41, 5.74) is 1.11. The summed E-state index contributed by atoms with van der Waals surface area (Å²) in [5.74, 6) is 0. The summed E-state index contributed by atoms with van der Waals surface area (Å²) in [4.78, 5) is 9.99. The summed E-state index contributed by atoms with van der Waals surface area (Å²) in [6.07, 6.45) is 2.49. The normalized spacial score (nSPS) is 9.33. The lowest BCUT2D eigenvalue weighted by molar-refractivity contribution is -0.107. The maximum atomic E-state index is 9.99. The molecule has 0 aromatic heterocycles. The van der Waals surface area contributed by atoms with Crippen molar-refractivity contribution in [1.82, 2.24) is 0 Å². The average molecular weight is 163 g/mol. The monoisotopic (exact) mass is 163 g/mol. The Balaban J connectivity index is 2.20. The molecule has 1 N–H and O–H groups in total. The zero-order valence-corrected chi connectivity index (χ0v) is 6.99. The minimum Gasteiger partial charge on any atom is -0.385 e. The lowest BCUT2D eigenvalue weighted by Crippen LogP contribution is -2.00. The molecule has 64 valence electrons.